The van der Waals surface area contributed by atoms with Crippen LogP contribution < -0.4 is 14.5 Å². The second-order valence-electron chi connectivity index (χ2n) is 25.5. The molecule has 10 aromatic rings. The highest BCUT2D eigenvalue weighted by atomic mass is 16.5. The highest BCUT2D eigenvalue weighted by molar-refractivity contribution is 6.10. The molecule has 1 aliphatic heterocycles. The number of ether oxygens (including phenoxy) is 1. The molecule has 0 atom stereocenters. The Hall–Kier alpha value is -7.89. The van der Waals surface area contributed by atoms with Gasteiger partial charge >= 0.3 is 0 Å². The molecule has 0 radical (unpaired) electrons. The predicted octanol–water partition coefficient (Wildman–Crippen LogP) is 19.4. The van der Waals surface area contributed by atoms with Crippen molar-refractivity contribution in [2.75, 3.05) is 16.5 Å². The highest BCUT2D eigenvalue weighted by Gasteiger charge is 2.39. The maximum Gasteiger partial charge on any atom is 0.137 e. The lowest BCUT2D eigenvalue weighted by Gasteiger charge is -2.36. The van der Waals surface area contributed by atoms with Crippen molar-refractivity contribution in [3.8, 4) is 28.4 Å². The van der Waals surface area contributed by atoms with Crippen molar-refractivity contribution < 1.29 is 4.74 Å². The fourth-order valence-electron chi connectivity index (χ4n) is 11.4. The molecular formula is C72H74N4O. The van der Waals surface area contributed by atoms with E-state index in [4.69, 9.17) is 9.72 Å². The minimum atomic E-state index is -0.340. The van der Waals surface area contributed by atoms with Gasteiger partial charge in [-0.1, -0.05) is 199 Å². The van der Waals surface area contributed by atoms with E-state index in [1.807, 2.05) is 6.20 Å². The minimum absolute atomic E-state index is 0.00373. The first-order valence-electron chi connectivity index (χ1n) is 27.5. The Morgan fingerprint density at radius 3 is 1.53 bits per heavy atom. The fraction of sp³-hybridized carbons (Fsp3) is 0.264. The summed E-state index contributed by atoms with van der Waals surface area (Å²) in [5.74, 6) is 2.42. The van der Waals surface area contributed by atoms with Crippen LogP contribution >= 0.6 is 0 Å². The molecule has 388 valence electrons. The van der Waals surface area contributed by atoms with Gasteiger partial charge in [0, 0.05) is 51.3 Å². The summed E-state index contributed by atoms with van der Waals surface area (Å²) in [7, 11) is 0. The van der Waals surface area contributed by atoms with Crippen LogP contribution in [0.1, 0.15) is 129 Å². The third-order valence-electron chi connectivity index (χ3n) is 16.3. The molecule has 0 fully saturated rings. The summed E-state index contributed by atoms with van der Waals surface area (Å²) in [5.41, 5.74) is 17.3. The lowest BCUT2D eigenvalue weighted by Crippen LogP contribution is -2.28. The van der Waals surface area contributed by atoms with Crippen LogP contribution in [0.5, 0.6) is 11.5 Å². The van der Waals surface area contributed by atoms with E-state index in [0.29, 0.717) is 6.67 Å². The quantitative estimate of drug-likeness (QED) is 0.137. The van der Waals surface area contributed by atoms with Crippen LogP contribution in [0.15, 0.2) is 200 Å². The zero-order chi connectivity index (χ0) is 54.2. The summed E-state index contributed by atoms with van der Waals surface area (Å²) >= 11 is 0. The zero-order valence-electron chi connectivity index (χ0n) is 47.5. The first kappa shape index (κ1) is 51.2. The summed E-state index contributed by atoms with van der Waals surface area (Å²) in [6.07, 6.45) is 1.95. The molecule has 0 amide bonds. The first-order chi connectivity index (χ1) is 36.6. The van der Waals surface area contributed by atoms with E-state index in [9.17, 15) is 0 Å². The lowest BCUT2D eigenvalue weighted by atomic mass is 9.68. The molecule has 0 bridgehead atoms. The summed E-state index contributed by atoms with van der Waals surface area (Å²) < 4.78 is 9.33. The Balaban J connectivity index is 1.07. The summed E-state index contributed by atoms with van der Waals surface area (Å²) in [4.78, 5) is 10.0. The summed E-state index contributed by atoms with van der Waals surface area (Å²) in [5, 5.41) is 2.37. The largest absolute Gasteiger partial charge is 0.457 e. The molecule has 0 saturated heterocycles. The van der Waals surface area contributed by atoms with Crippen LogP contribution in [0.25, 0.3) is 38.8 Å². The van der Waals surface area contributed by atoms with Crippen LogP contribution in [-0.4, -0.2) is 16.2 Å². The van der Waals surface area contributed by atoms with E-state index < -0.39 is 0 Å². The van der Waals surface area contributed by atoms with Gasteiger partial charge in [0.25, 0.3) is 0 Å². The number of aromatic nitrogens is 2. The van der Waals surface area contributed by atoms with Gasteiger partial charge in [0.15, 0.2) is 0 Å². The van der Waals surface area contributed by atoms with Crippen molar-refractivity contribution in [1.29, 1.82) is 0 Å². The van der Waals surface area contributed by atoms with Crippen molar-refractivity contribution in [3.63, 3.8) is 0 Å². The second-order valence-corrected chi connectivity index (χ2v) is 25.5. The smallest absolute Gasteiger partial charge is 0.137 e. The van der Waals surface area contributed by atoms with Gasteiger partial charge in [-0.3, -0.25) is 4.57 Å². The minimum Gasteiger partial charge on any atom is -0.457 e. The highest BCUT2D eigenvalue weighted by Crippen LogP contribution is 2.53. The molecule has 3 heterocycles. The predicted molar refractivity (Wildman–Crippen MR) is 326 cm³/mol. The van der Waals surface area contributed by atoms with Gasteiger partial charge in [-0.25, -0.2) is 4.98 Å². The Morgan fingerprint density at radius 2 is 0.935 bits per heavy atom. The number of nitrogens with zero attached hydrogens (tertiary/aromatic N) is 4. The number of anilines is 4. The van der Waals surface area contributed by atoms with E-state index in [1.165, 1.54) is 66.5 Å². The molecule has 77 heavy (non-hydrogen) atoms. The Kier molecular flexibility index (Phi) is 12.6. The normalized spacial score (nSPS) is 13.4. The second kappa shape index (κ2) is 19.0. The van der Waals surface area contributed by atoms with E-state index in [1.54, 1.807) is 0 Å². The zero-order valence-corrected chi connectivity index (χ0v) is 47.5. The van der Waals surface area contributed by atoms with Crippen LogP contribution in [0.2, 0.25) is 0 Å². The van der Waals surface area contributed by atoms with E-state index in [2.05, 4.69) is 298 Å². The van der Waals surface area contributed by atoms with Gasteiger partial charge in [-0.2, -0.15) is 0 Å². The van der Waals surface area contributed by atoms with Crippen molar-refractivity contribution in [3.05, 3.63) is 239 Å². The molecule has 0 spiro atoms. The number of rotatable bonds is 10. The van der Waals surface area contributed by atoms with Crippen LogP contribution in [0.3, 0.4) is 0 Å². The average Bonchev–Trinajstić information content (AvgIpc) is 4.19. The molecular weight excluding hydrogens is 937 g/mol. The van der Waals surface area contributed by atoms with Gasteiger partial charge < -0.3 is 14.5 Å². The third kappa shape index (κ3) is 9.60. The number of hydrogen-bond acceptors (Lipinski definition) is 4. The van der Waals surface area contributed by atoms with Crippen LogP contribution in [0.4, 0.5) is 22.7 Å². The molecule has 5 heteroatoms. The molecule has 0 unspecified atom stereocenters. The Labute approximate surface area is 457 Å². The molecule has 2 aromatic heterocycles. The lowest BCUT2D eigenvalue weighted by molar-refractivity contribution is 0.483. The van der Waals surface area contributed by atoms with E-state index >= 15 is 0 Å². The van der Waals surface area contributed by atoms with Crippen LogP contribution in [-0.2, 0) is 27.1 Å². The third-order valence-corrected chi connectivity index (χ3v) is 16.3. The number of pyridine rings is 1. The molecule has 5 nitrogen and oxygen atoms in total. The van der Waals surface area contributed by atoms with Gasteiger partial charge in [0.1, 0.15) is 24.0 Å². The number of benzene rings is 8. The fourth-order valence-corrected chi connectivity index (χ4v) is 11.4. The van der Waals surface area contributed by atoms with E-state index in [0.717, 1.165) is 45.4 Å². The molecule has 8 aromatic carbocycles. The molecule has 0 saturated carbocycles. The Morgan fingerprint density at radius 1 is 0.377 bits per heavy atom. The van der Waals surface area contributed by atoms with Gasteiger partial charge in [-0.05, 0) is 139 Å². The van der Waals surface area contributed by atoms with Crippen molar-refractivity contribution in [2.24, 2.45) is 0 Å². The van der Waals surface area contributed by atoms with Crippen molar-refractivity contribution in [1.82, 2.24) is 9.55 Å². The SMILES string of the molecule is CC(C)(C)c1cc(-c2ccccc2)cc(N2CN(c3cccc(Oc4ccc5c6cc(C(C)(C)C)ccc6n(-c6cc(C(C)(C)C)ccn6)c5c4)c3)c3cc(C(C)(C)c4ccccc4)c(C(C)(C)c4ccccc4)cc32)c1. The Bertz CT molecular complexity index is 3810. The maximum atomic E-state index is 7.02. The number of fused-ring (bicyclic) bond motifs is 4. The van der Waals surface area contributed by atoms with Gasteiger partial charge in [0.2, 0.25) is 0 Å². The topological polar surface area (TPSA) is 33.5 Å². The summed E-state index contributed by atoms with van der Waals surface area (Å²) in [6, 6.07) is 71.5. The monoisotopic (exact) mass is 1010 g/mol. The van der Waals surface area contributed by atoms with Crippen LogP contribution in [0, 0.1) is 0 Å². The van der Waals surface area contributed by atoms with E-state index in [-0.39, 0.29) is 27.1 Å². The van der Waals surface area contributed by atoms with Crippen molar-refractivity contribution in [2.45, 2.75) is 117 Å². The first-order valence-corrected chi connectivity index (χ1v) is 27.5. The number of hydrogen-bond donors (Lipinski definition) is 0. The molecule has 0 N–H and O–H groups in total. The molecule has 0 aliphatic carbocycles. The maximum absolute atomic E-state index is 7.02. The average molecular weight is 1010 g/mol. The molecule has 1 aliphatic rings. The van der Waals surface area contributed by atoms with Crippen molar-refractivity contribution >= 4 is 44.6 Å². The summed E-state index contributed by atoms with van der Waals surface area (Å²) in [6.45, 7) is 30.7. The standard InChI is InChI=1S/C72H74N4O/c1-68(2,3)52-32-35-63-60(41-52)59-34-33-58(44-64(59)76(63)67-42-53(36-37-73-67)69(4,5)6)77-57-31-23-30-55(43-57)74-47-75(56-39-49(48-24-17-14-18-25-48)38-54(40-56)70(7,8)9)66-46-62(72(12,13)51-28-21-16-22-29-51)61(45-65(66)74)71(10,11)50-26-19-15-20-27-50/h14-46H,47H2,1-13H3. The molecule has 11 rings (SSSR count). The van der Waals surface area contributed by atoms with Gasteiger partial charge in [-0.15, -0.1) is 0 Å². The van der Waals surface area contributed by atoms with Gasteiger partial charge in [0.05, 0.1) is 22.4 Å².